The van der Waals surface area contributed by atoms with Crippen LogP contribution in [0.25, 0.3) is 10.3 Å². The summed E-state index contributed by atoms with van der Waals surface area (Å²) in [6.07, 6.45) is 4.93. The number of hydrogen-bond acceptors (Lipinski definition) is 7. The molecule has 3 aromatic rings. The van der Waals surface area contributed by atoms with Crippen LogP contribution in [0.1, 0.15) is 43.4 Å². The minimum atomic E-state index is -0.270. The largest absolute Gasteiger partial charge is 0.356 e. The van der Waals surface area contributed by atoms with E-state index in [0.29, 0.717) is 28.6 Å². The van der Waals surface area contributed by atoms with Crippen LogP contribution in [-0.2, 0) is 22.6 Å². The second-order valence-corrected chi connectivity index (χ2v) is 9.84. The number of aryl methyl sites for hydroxylation is 1. The molecule has 2 aliphatic rings. The number of amides is 2. The van der Waals surface area contributed by atoms with E-state index in [4.69, 9.17) is 0 Å². The molecule has 0 spiro atoms. The molecule has 1 saturated heterocycles. The minimum absolute atomic E-state index is 0.0249. The molecular weight excluding hydrogens is 452 g/mol. The molecule has 0 unspecified atom stereocenters. The van der Waals surface area contributed by atoms with Crippen molar-refractivity contribution in [1.29, 1.82) is 0 Å². The molecule has 2 N–H and O–H groups in total. The average molecular weight is 481 g/mol. The van der Waals surface area contributed by atoms with Gasteiger partial charge in [0, 0.05) is 19.6 Å². The van der Waals surface area contributed by atoms with E-state index in [0.717, 1.165) is 37.8 Å². The van der Waals surface area contributed by atoms with Gasteiger partial charge in [-0.05, 0) is 43.7 Å². The molecule has 1 fully saturated rings. The van der Waals surface area contributed by atoms with Crippen molar-refractivity contribution in [2.75, 3.05) is 24.5 Å². The van der Waals surface area contributed by atoms with E-state index in [1.165, 1.54) is 27.8 Å². The highest BCUT2D eigenvalue weighted by Gasteiger charge is 2.28. The topological polar surface area (TPSA) is 109 Å². The van der Waals surface area contributed by atoms with Crippen molar-refractivity contribution in [3.05, 3.63) is 52.1 Å². The fraction of sp³-hybridized carbons (Fsp3) is 0.458. The molecule has 1 aliphatic heterocycles. The molecular formula is C24H28N6O3S. The van der Waals surface area contributed by atoms with Gasteiger partial charge in [-0.1, -0.05) is 35.6 Å². The van der Waals surface area contributed by atoms with Gasteiger partial charge >= 0.3 is 0 Å². The van der Waals surface area contributed by atoms with Crippen LogP contribution in [0.2, 0.25) is 0 Å². The number of carbonyl (C=O) groups is 2. The van der Waals surface area contributed by atoms with Crippen molar-refractivity contribution in [3.8, 4) is 0 Å². The van der Waals surface area contributed by atoms with Gasteiger partial charge in [0.05, 0.1) is 12.0 Å². The molecule has 2 amide bonds. The zero-order valence-electron chi connectivity index (χ0n) is 19.1. The zero-order valence-corrected chi connectivity index (χ0v) is 19.9. The van der Waals surface area contributed by atoms with Gasteiger partial charge in [-0.25, -0.2) is 4.98 Å². The van der Waals surface area contributed by atoms with Crippen molar-refractivity contribution in [3.63, 3.8) is 0 Å². The number of benzene rings is 1. The number of piperidine rings is 1. The highest BCUT2D eigenvalue weighted by Crippen LogP contribution is 2.31. The monoisotopic (exact) mass is 480 g/mol. The first-order chi connectivity index (χ1) is 16.5. The quantitative estimate of drug-likeness (QED) is 0.559. The molecule has 3 heterocycles. The van der Waals surface area contributed by atoms with Crippen molar-refractivity contribution >= 4 is 38.6 Å². The Morgan fingerprint density at radius 1 is 1.24 bits per heavy atom. The van der Waals surface area contributed by atoms with E-state index in [1.54, 1.807) is 0 Å². The number of anilines is 1. The van der Waals surface area contributed by atoms with Crippen LogP contribution in [0.5, 0.6) is 0 Å². The first kappa shape index (κ1) is 22.5. The lowest BCUT2D eigenvalue weighted by Crippen LogP contribution is -2.43. The van der Waals surface area contributed by atoms with Crippen molar-refractivity contribution < 1.29 is 9.59 Å². The standard InChI is InChI=1S/C24H28N6O3S/c1-2-25-22(32)16-7-5-11-29(12-16)24-28-21-20(34-24)23(33)30(14-26-21)13-19(31)27-18-10-9-15-6-3-4-8-17(15)18/h3-4,6,8,14,16,18H,2,5,7,9-13H2,1H3,(H,25,32)(H,27,31)/t16-,18+/m1/s1. The third kappa shape index (κ3) is 4.42. The van der Waals surface area contributed by atoms with E-state index in [1.807, 2.05) is 25.1 Å². The minimum Gasteiger partial charge on any atom is -0.356 e. The number of thiazole rings is 1. The van der Waals surface area contributed by atoms with Gasteiger partial charge in [-0.3, -0.25) is 19.0 Å². The van der Waals surface area contributed by atoms with Gasteiger partial charge < -0.3 is 15.5 Å². The lowest BCUT2D eigenvalue weighted by atomic mass is 9.97. The van der Waals surface area contributed by atoms with Crippen LogP contribution in [0, 0.1) is 5.92 Å². The molecule has 2 atom stereocenters. The van der Waals surface area contributed by atoms with Gasteiger partial charge in [-0.15, -0.1) is 0 Å². The van der Waals surface area contributed by atoms with E-state index in [2.05, 4.69) is 31.6 Å². The Balaban J connectivity index is 1.30. The molecule has 9 nitrogen and oxygen atoms in total. The van der Waals surface area contributed by atoms with Crippen molar-refractivity contribution in [2.45, 2.75) is 45.2 Å². The molecule has 1 aliphatic carbocycles. The van der Waals surface area contributed by atoms with E-state index >= 15 is 0 Å². The highest BCUT2D eigenvalue weighted by molar-refractivity contribution is 7.22. The van der Waals surface area contributed by atoms with E-state index < -0.39 is 0 Å². The molecule has 0 bridgehead atoms. The van der Waals surface area contributed by atoms with Gasteiger partial charge in [0.25, 0.3) is 5.56 Å². The molecule has 10 heteroatoms. The maximum atomic E-state index is 13.1. The molecule has 2 aromatic heterocycles. The predicted octanol–water partition coefficient (Wildman–Crippen LogP) is 2.01. The maximum Gasteiger partial charge on any atom is 0.273 e. The van der Waals surface area contributed by atoms with Crippen molar-refractivity contribution in [1.82, 2.24) is 25.2 Å². The van der Waals surface area contributed by atoms with Gasteiger partial charge in [-0.2, -0.15) is 4.98 Å². The number of hydrogen-bond donors (Lipinski definition) is 2. The Hall–Kier alpha value is -3.27. The average Bonchev–Trinajstić information content (AvgIpc) is 3.46. The molecule has 178 valence electrons. The predicted molar refractivity (Wildman–Crippen MR) is 131 cm³/mol. The second-order valence-electron chi connectivity index (χ2n) is 8.86. The Kier molecular flexibility index (Phi) is 6.32. The van der Waals surface area contributed by atoms with E-state index in [9.17, 15) is 14.4 Å². The van der Waals surface area contributed by atoms with Crippen LogP contribution in [0.4, 0.5) is 5.13 Å². The number of fused-ring (bicyclic) bond motifs is 2. The summed E-state index contributed by atoms with van der Waals surface area (Å²) in [4.78, 5) is 49.0. The SMILES string of the molecule is CCNC(=O)[C@@H]1CCCN(c2nc3ncn(CC(=O)N[C@H]4CCc5ccccc54)c(=O)c3s2)C1. The lowest BCUT2D eigenvalue weighted by molar-refractivity contribution is -0.125. The number of nitrogens with one attached hydrogen (secondary N) is 2. The summed E-state index contributed by atoms with van der Waals surface area (Å²) >= 11 is 1.28. The highest BCUT2D eigenvalue weighted by atomic mass is 32.1. The lowest BCUT2D eigenvalue weighted by Gasteiger charge is -2.31. The summed E-state index contributed by atoms with van der Waals surface area (Å²) in [7, 11) is 0. The maximum absolute atomic E-state index is 13.1. The fourth-order valence-electron chi connectivity index (χ4n) is 4.87. The van der Waals surface area contributed by atoms with Gasteiger partial charge in [0.2, 0.25) is 11.8 Å². The molecule has 5 rings (SSSR count). The zero-order chi connectivity index (χ0) is 23.7. The van der Waals surface area contributed by atoms with Crippen molar-refractivity contribution in [2.24, 2.45) is 5.92 Å². The smallest absolute Gasteiger partial charge is 0.273 e. The third-order valence-corrected chi connectivity index (χ3v) is 7.66. The Bertz CT molecular complexity index is 1290. The van der Waals surface area contributed by atoms with Crippen LogP contribution < -0.4 is 21.1 Å². The number of aromatic nitrogens is 3. The summed E-state index contributed by atoms with van der Waals surface area (Å²) in [5, 5.41) is 6.64. The first-order valence-electron chi connectivity index (χ1n) is 11.8. The Morgan fingerprint density at radius 3 is 2.94 bits per heavy atom. The number of rotatable bonds is 6. The van der Waals surface area contributed by atoms with Gasteiger partial charge in [0.15, 0.2) is 10.8 Å². The molecule has 34 heavy (non-hydrogen) atoms. The number of carbonyl (C=O) groups excluding carboxylic acids is 2. The summed E-state index contributed by atoms with van der Waals surface area (Å²) in [5.41, 5.74) is 2.52. The van der Waals surface area contributed by atoms with Crippen LogP contribution in [0.3, 0.4) is 0 Å². The number of nitrogens with zero attached hydrogens (tertiary/aromatic N) is 4. The van der Waals surface area contributed by atoms with Gasteiger partial charge in [0.1, 0.15) is 17.6 Å². The second kappa shape index (κ2) is 9.54. The van der Waals surface area contributed by atoms with Crippen LogP contribution in [-0.4, -0.2) is 46.0 Å². The van der Waals surface area contributed by atoms with Crippen LogP contribution in [0.15, 0.2) is 35.4 Å². The Labute approximate surface area is 201 Å². The summed E-state index contributed by atoms with van der Waals surface area (Å²) in [6, 6.07) is 8.10. The first-order valence-corrected chi connectivity index (χ1v) is 12.6. The van der Waals surface area contributed by atoms with E-state index in [-0.39, 0.29) is 35.9 Å². The molecule has 0 saturated carbocycles. The third-order valence-electron chi connectivity index (χ3n) is 6.57. The molecule has 0 radical (unpaired) electrons. The normalized spacial score (nSPS) is 19.7. The van der Waals surface area contributed by atoms with Crippen LogP contribution >= 0.6 is 11.3 Å². The fourth-order valence-corrected chi connectivity index (χ4v) is 5.87. The molecule has 1 aromatic carbocycles. The summed E-state index contributed by atoms with van der Waals surface area (Å²) in [5.74, 6) is -0.241. The summed E-state index contributed by atoms with van der Waals surface area (Å²) in [6.45, 7) is 3.80. The Morgan fingerprint density at radius 2 is 2.09 bits per heavy atom. The summed E-state index contributed by atoms with van der Waals surface area (Å²) < 4.78 is 1.77.